The van der Waals surface area contributed by atoms with Crippen LogP contribution in [0.5, 0.6) is 11.5 Å². The van der Waals surface area contributed by atoms with E-state index in [-0.39, 0.29) is 18.7 Å². The van der Waals surface area contributed by atoms with Gasteiger partial charge in [0.1, 0.15) is 11.5 Å². The van der Waals surface area contributed by atoms with Gasteiger partial charge in [0.05, 0.1) is 25.4 Å². The third-order valence-corrected chi connectivity index (χ3v) is 7.06. The molecule has 0 spiro atoms. The Hall–Kier alpha value is -3.04. The fourth-order valence-electron chi connectivity index (χ4n) is 4.28. The normalized spacial score (nSPS) is 15.3. The van der Waals surface area contributed by atoms with Gasteiger partial charge in [0, 0.05) is 39.1 Å². The number of hydrogen-bond donors (Lipinski definition) is 3. The summed E-state index contributed by atoms with van der Waals surface area (Å²) in [7, 11) is 0. The van der Waals surface area contributed by atoms with E-state index >= 15 is 0 Å². The van der Waals surface area contributed by atoms with E-state index in [4.69, 9.17) is 31.3 Å². The van der Waals surface area contributed by atoms with Gasteiger partial charge in [0.15, 0.2) is 0 Å². The molecule has 1 aromatic heterocycles. The van der Waals surface area contributed by atoms with Gasteiger partial charge in [-0.15, -0.1) is 0 Å². The smallest absolute Gasteiger partial charge is 0.415 e. The number of aliphatic hydroxyl groups is 2. The monoisotopic (exact) mass is 600 g/mol. The number of carbonyl (C=O) groups excluding carboxylic acids is 1. The summed E-state index contributed by atoms with van der Waals surface area (Å²) >= 11 is 9.40. The quantitative estimate of drug-likeness (QED) is 0.234. The molecule has 0 saturated carbocycles. The van der Waals surface area contributed by atoms with Gasteiger partial charge < -0.3 is 24.7 Å². The molecule has 0 bridgehead atoms. The maximum Gasteiger partial charge on any atom is 0.415 e. The van der Waals surface area contributed by atoms with Crippen molar-refractivity contribution in [3.63, 3.8) is 0 Å². The Bertz CT molecular complexity index is 1350. The Kier molecular flexibility index (Phi) is 9.69. The van der Waals surface area contributed by atoms with Crippen molar-refractivity contribution in [1.29, 1.82) is 0 Å². The summed E-state index contributed by atoms with van der Waals surface area (Å²) in [5.74, 6) is 1.28. The molecule has 7 nitrogen and oxygen atoms in total. The van der Waals surface area contributed by atoms with Crippen LogP contribution in [0.4, 0.5) is 4.79 Å². The predicted molar refractivity (Wildman–Crippen MR) is 152 cm³/mol. The molecular formula is C29H30BrClN2O5. The minimum Gasteiger partial charge on any atom is -0.493 e. The molecule has 3 N–H and O–H groups in total. The number of para-hydroxylation sites is 1. The van der Waals surface area contributed by atoms with Crippen LogP contribution in [0.2, 0.25) is 5.02 Å². The van der Waals surface area contributed by atoms with Crippen molar-refractivity contribution in [2.75, 3.05) is 19.8 Å². The highest BCUT2D eigenvalue weighted by Crippen LogP contribution is 2.35. The summed E-state index contributed by atoms with van der Waals surface area (Å²) in [6.45, 7) is 2.86. The zero-order valence-corrected chi connectivity index (χ0v) is 23.3. The van der Waals surface area contributed by atoms with Gasteiger partial charge in [0.25, 0.3) is 0 Å². The molecule has 5 rings (SSSR count). The lowest BCUT2D eigenvalue weighted by Gasteiger charge is -2.32. The van der Waals surface area contributed by atoms with Crippen molar-refractivity contribution in [3.8, 4) is 11.5 Å². The van der Waals surface area contributed by atoms with Crippen molar-refractivity contribution in [2.45, 2.75) is 31.9 Å². The van der Waals surface area contributed by atoms with E-state index in [9.17, 15) is 4.79 Å². The number of hydrogen-bond acceptors (Lipinski definition) is 5. The first-order chi connectivity index (χ1) is 18.4. The number of aromatic amines is 1. The zero-order valence-electron chi connectivity index (χ0n) is 20.9. The predicted octanol–water partition coefficient (Wildman–Crippen LogP) is 6.51. The average Bonchev–Trinajstić information content (AvgIpc) is 3.30. The number of rotatable bonds is 6. The summed E-state index contributed by atoms with van der Waals surface area (Å²) in [5.41, 5.74) is 3.44. The molecule has 4 aromatic rings. The Morgan fingerprint density at radius 1 is 1.13 bits per heavy atom. The van der Waals surface area contributed by atoms with E-state index in [2.05, 4.69) is 33.0 Å². The molecule has 0 fully saturated rings. The lowest BCUT2D eigenvalue weighted by molar-refractivity contribution is 0.0754. The van der Waals surface area contributed by atoms with Gasteiger partial charge >= 0.3 is 6.09 Å². The SMILES string of the molecule is CC1c2[nH]c3ccc(Br)cc3c2CCN1C(=O)Oc1ccc(Cl)cc1.OC[C@@H](O)CCOc1ccccc1. The third kappa shape index (κ3) is 7.08. The van der Waals surface area contributed by atoms with Crippen molar-refractivity contribution in [3.05, 3.63) is 93.5 Å². The van der Waals surface area contributed by atoms with E-state index < -0.39 is 6.10 Å². The van der Waals surface area contributed by atoms with Crippen molar-refractivity contribution in [2.24, 2.45) is 0 Å². The van der Waals surface area contributed by atoms with Gasteiger partial charge in [0.2, 0.25) is 0 Å². The number of nitrogens with zero attached hydrogens (tertiary/aromatic N) is 1. The number of H-pyrrole nitrogens is 1. The summed E-state index contributed by atoms with van der Waals surface area (Å²) in [6, 6.07) is 22.3. The van der Waals surface area contributed by atoms with Gasteiger partial charge in [-0.2, -0.15) is 0 Å². The van der Waals surface area contributed by atoms with Gasteiger partial charge in [-0.05, 0) is 73.5 Å². The van der Waals surface area contributed by atoms with Crippen LogP contribution >= 0.6 is 27.5 Å². The molecule has 0 aliphatic carbocycles. The van der Waals surface area contributed by atoms with Gasteiger partial charge in [-0.3, -0.25) is 4.90 Å². The molecular weight excluding hydrogens is 572 g/mol. The van der Waals surface area contributed by atoms with E-state index in [0.717, 1.165) is 27.9 Å². The van der Waals surface area contributed by atoms with E-state index in [1.807, 2.05) is 43.3 Å². The molecule has 2 heterocycles. The van der Waals surface area contributed by atoms with Gasteiger partial charge in [-0.25, -0.2) is 4.79 Å². The largest absolute Gasteiger partial charge is 0.493 e. The molecule has 9 heteroatoms. The maximum atomic E-state index is 12.6. The summed E-state index contributed by atoms with van der Waals surface area (Å²) < 4.78 is 11.9. The molecule has 1 aliphatic rings. The first kappa shape index (κ1) is 28.0. The number of carbonyl (C=O) groups is 1. The van der Waals surface area contributed by atoms with Crippen molar-refractivity contribution >= 4 is 44.5 Å². The number of nitrogens with one attached hydrogen (secondary N) is 1. The minimum atomic E-state index is -0.677. The van der Waals surface area contributed by atoms with E-state index in [1.54, 1.807) is 29.2 Å². The number of amides is 1. The second kappa shape index (κ2) is 13.2. The van der Waals surface area contributed by atoms with E-state index in [1.165, 1.54) is 10.9 Å². The Morgan fingerprint density at radius 2 is 1.87 bits per heavy atom. The highest BCUT2D eigenvalue weighted by atomic mass is 79.9. The summed E-state index contributed by atoms with van der Waals surface area (Å²) in [5, 5.41) is 19.4. The molecule has 2 atom stereocenters. The van der Waals surface area contributed by atoms with Crippen LogP contribution in [0.25, 0.3) is 10.9 Å². The van der Waals surface area contributed by atoms with Crippen LogP contribution in [0.15, 0.2) is 77.3 Å². The fourth-order valence-corrected chi connectivity index (χ4v) is 4.77. The number of halogens is 2. The molecule has 1 unspecified atom stereocenters. The molecule has 1 amide bonds. The molecule has 38 heavy (non-hydrogen) atoms. The van der Waals surface area contributed by atoms with Crippen LogP contribution in [0.3, 0.4) is 0 Å². The summed E-state index contributed by atoms with van der Waals surface area (Å²) in [4.78, 5) is 17.8. The molecule has 1 aliphatic heterocycles. The fraction of sp³-hybridized carbons (Fsp3) is 0.276. The van der Waals surface area contributed by atoms with Gasteiger partial charge in [-0.1, -0.05) is 45.7 Å². The van der Waals surface area contributed by atoms with Crippen molar-refractivity contribution in [1.82, 2.24) is 9.88 Å². The summed E-state index contributed by atoms with van der Waals surface area (Å²) in [6.07, 6.45) is 0.223. The molecule has 3 aromatic carbocycles. The lowest BCUT2D eigenvalue weighted by atomic mass is 9.99. The molecule has 200 valence electrons. The average molecular weight is 602 g/mol. The Morgan fingerprint density at radius 3 is 2.58 bits per heavy atom. The van der Waals surface area contributed by atoms with Crippen molar-refractivity contribution < 1.29 is 24.5 Å². The first-order valence-corrected chi connectivity index (χ1v) is 13.5. The number of ether oxygens (including phenoxy) is 2. The lowest BCUT2D eigenvalue weighted by Crippen LogP contribution is -2.40. The first-order valence-electron chi connectivity index (χ1n) is 12.4. The van der Waals surface area contributed by atoms with Crippen LogP contribution in [0, 0.1) is 0 Å². The maximum absolute atomic E-state index is 12.6. The molecule has 0 radical (unpaired) electrons. The standard InChI is InChI=1S/C19H16BrClN2O2.C10H14O3/c1-11-18-15(16-10-12(20)2-7-17(16)22-18)8-9-23(11)19(24)25-14-5-3-13(21)4-6-14;11-8-9(12)6-7-13-10-4-2-1-3-5-10/h2-7,10-11,22H,8-9H2,1H3;1-5,9,11-12H,6-8H2/t;9-/m.0/s1. The van der Waals surface area contributed by atoms with Crippen LogP contribution in [-0.4, -0.2) is 52.1 Å². The molecule has 0 saturated heterocycles. The third-order valence-electron chi connectivity index (χ3n) is 6.32. The zero-order chi connectivity index (χ0) is 27.1. The van der Waals surface area contributed by atoms with E-state index in [0.29, 0.717) is 30.3 Å². The Labute approximate surface area is 235 Å². The second-order valence-corrected chi connectivity index (χ2v) is 10.3. The highest BCUT2D eigenvalue weighted by Gasteiger charge is 2.31. The number of fused-ring (bicyclic) bond motifs is 3. The highest BCUT2D eigenvalue weighted by molar-refractivity contribution is 9.10. The van der Waals surface area contributed by atoms with Crippen LogP contribution in [-0.2, 0) is 6.42 Å². The van der Waals surface area contributed by atoms with Crippen LogP contribution in [0.1, 0.15) is 30.6 Å². The Balaban J connectivity index is 0.000000219. The second-order valence-electron chi connectivity index (χ2n) is 8.93. The minimum absolute atomic E-state index is 0.0743. The van der Waals surface area contributed by atoms with Crippen LogP contribution < -0.4 is 9.47 Å². The number of aromatic nitrogens is 1. The number of aliphatic hydroxyl groups excluding tert-OH is 2. The topological polar surface area (TPSA) is 95.0 Å². The number of benzene rings is 3.